The Morgan fingerprint density at radius 2 is 1.66 bits per heavy atom. The summed E-state index contributed by atoms with van der Waals surface area (Å²) in [7, 11) is 0. The van der Waals surface area contributed by atoms with Crippen molar-refractivity contribution in [2.45, 2.75) is 12.0 Å². The normalized spacial score (nSPS) is 15.6. The van der Waals surface area contributed by atoms with Crippen LogP contribution in [-0.4, -0.2) is 23.2 Å². The number of amides is 2. The molecule has 4 nitrogen and oxygen atoms in total. The highest BCUT2D eigenvalue weighted by Gasteiger charge is 2.32. The summed E-state index contributed by atoms with van der Waals surface area (Å²) in [6, 6.07) is 32.1. The highest BCUT2D eigenvalue weighted by molar-refractivity contribution is 7.99. The van der Waals surface area contributed by atoms with Gasteiger partial charge in [0.1, 0.15) is 17.7 Å². The molecule has 1 saturated heterocycles. The van der Waals surface area contributed by atoms with Gasteiger partial charge in [0, 0.05) is 23.2 Å². The van der Waals surface area contributed by atoms with E-state index < -0.39 is 0 Å². The summed E-state index contributed by atoms with van der Waals surface area (Å²) in [4.78, 5) is 15.2. The van der Waals surface area contributed by atoms with Gasteiger partial charge in [-0.1, -0.05) is 84.9 Å². The van der Waals surface area contributed by atoms with E-state index in [1.54, 1.807) is 11.8 Å². The van der Waals surface area contributed by atoms with Crippen molar-refractivity contribution in [3.8, 4) is 5.75 Å². The van der Waals surface area contributed by atoms with E-state index in [2.05, 4.69) is 35.6 Å². The molecular formula is C27H24N2O2S. The minimum Gasteiger partial charge on any atom is -0.489 e. The Labute approximate surface area is 192 Å². The van der Waals surface area contributed by atoms with Crippen LogP contribution >= 0.6 is 11.8 Å². The van der Waals surface area contributed by atoms with Gasteiger partial charge in [0.25, 0.3) is 0 Å². The van der Waals surface area contributed by atoms with Crippen LogP contribution in [0.15, 0.2) is 97.1 Å². The predicted molar refractivity (Wildman–Crippen MR) is 132 cm³/mol. The lowest BCUT2D eigenvalue weighted by atomic mass is 10.1. The van der Waals surface area contributed by atoms with Crippen LogP contribution in [0.2, 0.25) is 0 Å². The third-order valence-corrected chi connectivity index (χ3v) is 6.85. The van der Waals surface area contributed by atoms with Gasteiger partial charge in [0.15, 0.2) is 0 Å². The van der Waals surface area contributed by atoms with Crippen LogP contribution in [0.5, 0.6) is 5.75 Å². The van der Waals surface area contributed by atoms with Gasteiger partial charge in [-0.15, -0.1) is 11.8 Å². The number of ether oxygens (including phenoxy) is 1. The molecule has 1 aliphatic rings. The van der Waals surface area contributed by atoms with Crippen molar-refractivity contribution in [1.29, 1.82) is 0 Å². The van der Waals surface area contributed by atoms with Gasteiger partial charge < -0.3 is 15.0 Å². The van der Waals surface area contributed by atoms with Gasteiger partial charge >= 0.3 is 6.03 Å². The number of fused-ring (bicyclic) bond motifs is 1. The lowest BCUT2D eigenvalue weighted by molar-refractivity contribution is 0.213. The SMILES string of the molecule is O=C(Nc1cccc2ccccc12)N1CCS[C@@H]1c1ccccc1OCc1ccccc1. The summed E-state index contributed by atoms with van der Waals surface area (Å²) in [5.41, 5.74) is 2.98. The summed E-state index contributed by atoms with van der Waals surface area (Å²) >= 11 is 1.77. The number of carbonyl (C=O) groups is 1. The molecule has 5 heteroatoms. The zero-order valence-electron chi connectivity index (χ0n) is 17.6. The van der Waals surface area contributed by atoms with Crippen LogP contribution < -0.4 is 10.1 Å². The third kappa shape index (κ3) is 4.30. The molecule has 0 saturated carbocycles. The fourth-order valence-electron chi connectivity index (χ4n) is 4.01. The van der Waals surface area contributed by atoms with Gasteiger partial charge in [0.2, 0.25) is 0 Å². The first-order valence-corrected chi connectivity index (χ1v) is 11.8. The highest BCUT2D eigenvalue weighted by atomic mass is 32.2. The first kappa shape index (κ1) is 20.5. The number of nitrogens with one attached hydrogen (secondary N) is 1. The first-order valence-electron chi connectivity index (χ1n) is 10.7. The molecule has 160 valence electrons. The van der Waals surface area contributed by atoms with E-state index in [4.69, 9.17) is 4.74 Å². The van der Waals surface area contributed by atoms with Gasteiger partial charge in [-0.05, 0) is 23.1 Å². The van der Waals surface area contributed by atoms with Crippen molar-refractivity contribution >= 4 is 34.3 Å². The molecule has 1 N–H and O–H groups in total. The summed E-state index contributed by atoms with van der Waals surface area (Å²) < 4.78 is 6.17. The van der Waals surface area contributed by atoms with E-state index >= 15 is 0 Å². The molecule has 0 aromatic heterocycles. The summed E-state index contributed by atoms with van der Waals surface area (Å²) in [6.45, 7) is 1.19. The number of rotatable bonds is 5. The molecule has 5 rings (SSSR count). The minimum atomic E-state index is -0.0887. The Bertz CT molecular complexity index is 1220. The summed E-state index contributed by atoms with van der Waals surface area (Å²) in [5.74, 6) is 1.71. The molecule has 0 spiro atoms. The lowest BCUT2D eigenvalue weighted by Gasteiger charge is -2.26. The van der Waals surface area contributed by atoms with Crippen LogP contribution in [0.1, 0.15) is 16.5 Å². The Kier molecular flexibility index (Phi) is 5.99. The number of anilines is 1. The van der Waals surface area contributed by atoms with Crippen LogP contribution in [-0.2, 0) is 6.61 Å². The Balaban J connectivity index is 1.36. The van der Waals surface area contributed by atoms with Gasteiger partial charge in [-0.2, -0.15) is 0 Å². The second-order valence-electron chi connectivity index (χ2n) is 7.69. The Hall–Kier alpha value is -3.44. The Morgan fingerprint density at radius 1 is 0.906 bits per heavy atom. The molecule has 0 unspecified atom stereocenters. The maximum atomic E-state index is 13.3. The summed E-state index contributed by atoms with van der Waals surface area (Å²) in [5, 5.41) is 5.20. The molecule has 1 atom stereocenters. The largest absolute Gasteiger partial charge is 0.489 e. The number of nitrogens with zero attached hydrogens (tertiary/aromatic N) is 1. The highest BCUT2D eigenvalue weighted by Crippen LogP contribution is 2.42. The molecular weight excluding hydrogens is 416 g/mol. The molecule has 0 radical (unpaired) electrons. The molecule has 1 fully saturated rings. The van der Waals surface area contributed by atoms with Crippen molar-refractivity contribution in [3.63, 3.8) is 0 Å². The van der Waals surface area contributed by atoms with Crippen molar-refractivity contribution in [2.24, 2.45) is 0 Å². The Morgan fingerprint density at radius 3 is 2.56 bits per heavy atom. The van der Waals surface area contributed by atoms with Crippen molar-refractivity contribution in [1.82, 2.24) is 4.90 Å². The standard InChI is InChI=1S/C27H24N2O2S/c30-27(28-24-15-8-12-21-11-4-5-13-22(21)24)29-17-18-32-26(29)23-14-6-7-16-25(23)31-19-20-9-2-1-3-10-20/h1-16,26H,17-19H2,(H,28,30)/t26-/m1/s1. The van der Waals surface area contributed by atoms with Crippen LogP contribution in [0.4, 0.5) is 10.5 Å². The average Bonchev–Trinajstić information content (AvgIpc) is 3.34. The zero-order valence-corrected chi connectivity index (χ0v) is 18.4. The molecule has 4 aromatic rings. The average molecular weight is 441 g/mol. The number of para-hydroxylation sites is 1. The van der Waals surface area contributed by atoms with Gasteiger partial charge in [-0.25, -0.2) is 4.79 Å². The van der Waals surface area contributed by atoms with Crippen LogP contribution in [0, 0.1) is 0 Å². The number of hydrogen-bond donors (Lipinski definition) is 1. The van der Waals surface area contributed by atoms with Crippen molar-refractivity contribution in [3.05, 3.63) is 108 Å². The van der Waals surface area contributed by atoms with E-state index in [0.717, 1.165) is 39.1 Å². The number of urea groups is 1. The second kappa shape index (κ2) is 9.37. The monoisotopic (exact) mass is 440 g/mol. The summed E-state index contributed by atoms with van der Waals surface area (Å²) in [6.07, 6.45) is 0. The van der Waals surface area contributed by atoms with E-state index in [0.29, 0.717) is 13.2 Å². The molecule has 32 heavy (non-hydrogen) atoms. The molecule has 2 amide bonds. The number of hydrogen-bond acceptors (Lipinski definition) is 3. The van der Waals surface area contributed by atoms with Gasteiger partial charge in [-0.3, -0.25) is 0 Å². The minimum absolute atomic E-state index is 0.0862. The molecule has 0 aliphatic carbocycles. The van der Waals surface area contributed by atoms with Gasteiger partial charge in [0.05, 0.1) is 5.69 Å². The first-order chi connectivity index (χ1) is 15.8. The lowest BCUT2D eigenvalue weighted by Crippen LogP contribution is -2.34. The maximum absolute atomic E-state index is 13.3. The van der Waals surface area contributed by atoms with Crippen LogP contribution in [0.3, 0.4) is 0 Å². The molecule has 1 heterocycles. The molecule has 4 aromatic carbocycles. The number of benzene rings is 4. The number of thioether (sulfide) groups is 1. The molecule has 0 bridgehead atoms. The van der Waals surface area contributed by atoms with E-state index in [-0.39, 0.29) is 11.4 Å². The maximum Gasteiger partial charge on any atom is 0.323 e. The number of carbonyl (C=O) groups excluding carboxylic acids is 1. The topological polar surface area (TPSA) is 41.6 Å². The van der Waals surface area contributed by atoms with E-state index in [1.165, 1.54) is 0 Å². The van der Waals surface area contributed by atoms with Crippen LogP contribution in [0.25, 0.3) is 10.8 Å². The van der Waals surface area contributed by atoms with E-state index in [1.807, 2.05) is 71.6 Å². The molecule has 1 aliphatic heterocycles. The van der Waals surface area contributed by atoms with Crippen molar-refractivity contribution < 1.29 is 9.53 Å². The second-order valence-corrected chi connectivity index (χ2v) is 8.87. The van der Waals surface area contributed by atoms with Crippen molar-refractivity contribution in [2.75, 3.05) is 17.6 Å². The predicted octanol–water partition coefficient (Wildman–Crippen LogP) is 6.70. The smallest absolute Gasteiger partial charge is 0.323 e. The third-order valence-electron chi connectivity index (χ3n) is 5.61. The zero-order chi connectivity index (χ0) is 21.8. The quantitative estimate of drug-likeness (QED) is 0.375. The van der Waals surface area contributed by atoms with E-state index in [9.17, 15) is 4.79 Å². The fourth-order valence-corrected chi connectivity index (χ4v) is 5.29. The fraction of sp³-hybridized carbons (Fsp3) is 0.148.